The highest BCUT2D eigenvalue weighted by atomic mass is 32.2. The predicted octanol–water partition coefficient (Wildman–Crippen LogP) is 3.13. The van der Waals surface area contributed by atoms with Gasteiger partial charge >= 0.3 is 0 Å². The van der Waals surface area contributed by atoms with Gasteiger partial charge in [0.15, 0.2) is 9.84 Å². The maximum atomic E-state index is 12.8. The SMILES string of the molecule is CC1CCN(Cc2cccc(CNC(=O)Cn3c(CS(C)(=O)=O)nc4ccccc43)c2)CC1. The lowest BCUT2D eigenvalue weighted by molar-refractivity contribution is -0.121. The van der Waals surface area contributed by atoms with Crippen LogP contribution in [0.25, 0.3) is 11.0 Å². The number of amides is 1. The van der Waals surface area contributed by atoms with Crippen LogP contribution in [0.4, 0.5) is 0 Å². The Labute approximate surface area is 195 Å². The Bertz CT molecular complexity index is 1230. The van der Waals surface area contributed by atoms with Gasteiger partial charge in [0.2, 0.25) is 5.91 Å². The summed E-state index contributed by atoms with van der Waals surface area (Å²) in [5, 5.41) is 2.98. The molecule has 0 unspecified atom stereocenters. The van der Waals surface area contributed by atoms with Crippen LogP contribution in [-0.4, -0.2) is 48.1 Å². The van der Waals surface area contributed by atoms with Crippen molar-refractivity contribution in [1.29, 1.82) is 0 Å². The number of hydrogen-bond donors (Lipinski definition) is 1. The summed E-state index contributed by atoms with van der Waals surface area (Å²) in [6, 6.07) is 15.7. The predicted molar refractivity (Wildman–Crippen MR) is 130 cm³/mol. The Hall–Kier alpha value is -2.71. The first kappa shape index (κ1) is 23.4. The number of carbonyl (C=O) groups is 1. The van der Waals surface area contributed by atoms with E-state index < -0.39 is 9.84 Å². The summed E-state index contributed by atoms with van der Waals surface area (Å²) in [6.07, 6.45) is 3.67. The van der Waals surface area contributed by atoms with Gasteiger partial charge in [0, 0.05) is 19.3 Å². The number of likely N-dealkylation sites (tertiary alicyclic amines) is 1. The zero-order chi connectivity index (χ0) is 23.4. The monoisotopic (exact) mass is 468 g/mol. The molecule has 1 N–H and O–H groups in total. The lowest BCUT2D eigenvalue weighted by Gasteiger charge is -2.30. The van der Waals surface area contributed by atoms with Crippen LogP contribution in [0, 0.1) is 5.92 Å². The molecule has 1 saturated heterocycles. The zero-order valence-corrected chi connectivity index (χ0v) is 20.1. The van der Waals surface area contributed by atoms with Crippen molar-refractivity contribution in [2.45, 2.75) is 45.2 Å². The van der Waals surface area contributed by atoms with Crippen LogP contribution in [0.3, 0.4) is 0 Å². The summed E-state index contributed by atoms with van der Waals surface area (Å²) in [4.78, 5) is 19.7. The minimum Gasteiger partial charge on any atom is -0.350 e. The Morgan fingerprint density at radius 3 is 2.58 bits per heavy atom. The van der Waals surface area contributed by atoms with E-state index in [1.807, 2.05) is 36.4 Å². The molecule has 0 aliphatic carbocycles. The molecule has 8 heteroatoms. The molecule has 1 amide bonds. The minimum absolute atomic E-state index is 0.0248. The molecule has 0 radical (unpaired) electrons. The molecule has 4 rings (SSSR count). The highest BCUT2D eigenvalue weighted by molar-refractivity contribution is 7.89. The van der Waals surface area contributed by atoms with Gasteiger partial charge in [-0.15, -0.1) is 0 Å². The molecular weight excluding hydrogens is 436 g/mol. The number of nitrogens with zero attached hydrogens (tertiary/aromatic N) is 3. The van der Waals surface area contributed by atoms with E-state index in [1.165, 1.54) is 24.7 Å². The maximum absolute atomic E-state index is 12.8. The highest BCUT2D eigenvalue weighted by Crippen LogP contribution is 2.19. The maximum Gasteiger partial charge on any atom is 0.240 e. The van der Waals surface area contributed by atoms with Crippen LogP contribution in [0.1, 0.15) is 36.7 Å². The van der Waals surface area contributed by atoms with Crippen molar-refractivity contribution in [2.75, 3.05) is 19.3 Å². The molecule has 1 aliphatic rings. The third-order valence-electron chi connectivity index (χ3n) is 6.19. The van der Waals surface area contributed by atoms with Gasteiger partial charge in [0.05, 0.1) is 11.0 Å². The lowest BCUT2D eigenvalue weighted by atomic mass is 9.98. The van der Waals surface area contributed by atoms with Crippen LogP contribution in [0.15, 0.2) is 48.5 Å². The number of hydrogen-bond acceptors (Lipinski definition) is 5. The summed E-state index contributed by atoms with van der Waals surface area (Å²) in [5.74, 6) is 0.815. The minimum atomic E-state index is -3.28. The number of aromatic nitrogens is 2. The number of benzene rings is 2. The molecule has 1 aromatic heterocycles. The molecule has 0 saturated carbocycles. The number of fused-ring (bicyclic) bond motifs is 1. The van der Waals surface area contributed by atoms with Crippen molar-refractivity contribution in [3.63, 3.8) is 0 Å². The molecule has 1 aliphatic heterocycles. The number of sulfone groups is 1. The average molecular weight is 469 g/mol. The van der Waals surface area contributed by atoms with Gasteiger partial charge in [-0.2, -0.15) is 0 Å². The molecular formula is C25H32N4O3S. The fraction of sp³-hybridized carbons (Fsp3) is 0.440. The van der Waals surface area contributed by atoms with Crippen LogP contribution in [0.5, 0.6) is 0 Å². The molecule has 0 spiro atoms. The summed E-state index contributed by atoms with van der Waals surface area (Å²) < 4.78 is 25.4. The fourth-order valence-electron chi connectivity index (χ4n) is 4.36. The summed E-state index contributed by atoms with van der Waals surface area (Å²) in [7, 11) is -3.28. The van der Waals surface area contributed by atoms with Crippen molar-refractivity contribution >= 4 is 26.8 Å². The second-order valence-electron chi connectivity index (χ2n) is 9.23. The van der Waals surface area contributed by atoms with Crippen LogP contribution < -0.4 is 5.32 Å². The quantitative estimate of drug-likeness (QED) is 0.549. The summed E-state index contributed by atoms with van der Waals surface area (Å²) in [6.45, 7) is 5.98. The highest BCUT2D eigenvalue weighted by Gasteiger charge is 2.18. The van der Waals surface area contributed by atoms with E-state index >= 15 is 0 Å². The van der Waals surface area contributed by atoms with Crippen LogP contribution in [0.2, 0.25) is 0 Å². The van der Waals surface area contributed by atoms with Gasteiger partial charge < -0.3 is 9.88 Å². The van der Waals surface area contributed by atoms with Gasteiger partial charge in [-0.3, -0.25) is 9.69 Å². The molecule has 7 nitrogen and oxygen atoms in total. The van der Waals surface area contributed by atoms with Crippen molar-refractivity contribution in [2.24, 2.45) is 5.92 Å². The normalized spacial score (nSPS) is 15.7. The standard InChI is InChI=1S/C25H32N4O3S/c1-19-10-12-28(13-11-19)16-21-7-5-6-20(14-21)15-26-25(30)17-29-23-9-4-3-8-22(23)27-24(29)18-33(2,31)32/h3-9,14,19H,10-13,15-18H2,1-2H3,(H,26,30). The number of nitrogens with one attached hydrogen (secondary N) is 1. The smallest absolute Gasteiger partial charge is 0.240 e. The number of rotatable bonds is 8. The molecule has 33 heavy (non-hydrogen) atoms. The molecule has 2 aromatic carbocycles. The van der Waals surface area contributed by atoms with E-state index in [4.69, 9.17) is 0 Å². The topological polar surface area (TPSA) is 84.3 Å². The van der Waals surface area contributed by atoms with Crippen molar-refractivity contribution < 1.29 is 13.2 Å². The summed E-state index contributed by atoms with van der Waals surface area (Å²) >= 11 is 0. The first-order chi connectivity index (χ1) is 15.8. The molecule has 1 fully saturated rings. The Kier molecular flexibility index (Phi) is 7.14. The molecule has 0 atom stereocenters. The fourth-order valence-corrected chi connectivity index (χ4v) is 5.05. The molecule has 176 valence electrons. The first-order valence-electron chi connectivity index (χ1n) is 11.5. The van der Waals surface area contributed by atoms with E-state index in [9.17, 15) is 13.2 Å². The van der Waals surface area contributed by atoms with E-state index in [-0.39, 0.29) is 18.2 Å². The second-order valence-corrected chi connectivity index (χ2v) is 11.4. The third-order valence-corrected chi connectivity index (χ3v) is 6.97. The Balaban J connectivity index is 1.40. The van der Waals surface area contributed by atoms with Crippen LogP contribution in [-0.2, 0) is 40.0 Å². The van der Waals surface area contributed by atoms with Gasteiger partial charge in [-0.25, -0.2) is 13.4 Å². The van der Waals surface area contributed by atoms with Gasteiger partial charge in [-0.1, -0.05) is 43.3 Å². The van der Waals surface area contributed by atoms with Gasteiger partial charge in [0.25, 0.3) is 0 Å². The lowest BCUT2D eigenvalue weighted by Crippen LogP contribution is -2.32. The van der Waals surface area contributed by atoms with E-state index in [2.05, 4.69) is 34.3 Å². The zero-order valence-electron chi connectivity index (χ0n) is 19.3. The molecule has 0 bridgehead atoms. The van der Waals surface area contributed by atoms with Crippen molar-refractivity contribution in [3.8, 4) is 0 Å². The van der Waals surface area contributed by atoms with Gasteiger partial charge in [-0.05, 0) is 55.1 Å². The van der Waals surface area contributed by atoms with Crippen molar-refractivity contribution in [3.05, 3.63) is 65.5 Å². The van der Waals surface area contributed by atoms with E-state index in [1.54, 1.807) is 4.57 Å². The van der Waals surface area contributed by atoms with Crippen LogP contribution >= 0.6 is 0 Å². The number of piperidine rings is 1. The van der Waals surface area contributed by atoms with Gasteiger partial charge in [0.1, 0.15) is 18.1 Å². The third kappa shape index (κ3) is 6.42. The Morgan fingerprint density at radius 1 is 1.09 bits per heavy atom. The summed E-state index contributed by atoms with van der Waals surface area (Å²) in [5.41, 5.74) is 3.75. The van der Waals surface area contributed by atoms with E-state index in [0.717, 1.165) is 36.6 Å². The second kappa shape index (κ2) is 10.1. The number of carbonyl (C=O) groups excluding carboxylic acids is 1. The number of para-hydroxylation sites is 2. The molecule has 2 heterocycles. The average Bonchev–Trinajstić information content (AvgIpc) is 3.09. The van der Waals surface area contributed by atoms with E-state index in [0.29, 0.717) is 17.9 Å². The Morgan fingerprint density at radius 2 is 1.82 bits per heavy atom. The van der Waals surface area contributed by atoms with Crippen molar-refractivity contribution in [1.82, 2.24) is 19.8 Å². The molecule has 3 aromatic rings. The first-order valence-corrected chi connectivity index (χ1v) is 13.5. The largest absolute Gasteiger partial charge is 0.350 e. The number of imidazole rings is 1.